The van der Waals surface area contributed by atoms with E-state index in [0.29, 0.717) is 13.0 Å². The Hall–Kier alpha value is -2.86. The number of anilines is 1. The summed E-state index contributed by atoms with van der Waals surface area (Å²) in [7, 11) is 0. The van der Waals surface area contributed by atoms with Crippen molar-refractivity contribution in [3.8, 4) is 22.8 Å². The lowest BCUT2D eigenvalue weighted by Crippen LogP contribution is -2.22. The van der Waals surface area contributed by atoms with E-state index >= 15 is 0 Å². The van der Waals surface area contributed by atoms with Crippen molar-refractivity contribution in [1.82, 2.24) is 4.98 Å². The quantitative estimate of drug-likeness (QED) is 0.510. The molecule has 140 valence electrons. The number of carboxylic acid groups (broad SMARTS) is 1. The van der Waals surface area contributed by atoms with Gasteiger partial charge in [-0.2, -0.15) is 0 Å². The molecule has 0 saturated carbocycles. The molecule has 0 aliphatic heterocycles. The Bertz CT molecular complexity index is 863. The van der Waals surface area contributed by atoms with Crippen LogP contribution in [0, 0.1) is 5.92 Å². The topological polar surface area (TPSA) is 71.5 Å². The number of aromatic nitrogens is 1. The Labute approximate surface area is 162 Å². The number of rotatable bonds is 9. The predicted molar refractivity (Wildman–Crippen MR) is 109 cm³/mol. The summed E-state index contributed by atoms with van der Waals surface area (Å²) in [5.74, 6) is 0.403. The molecule has 2 aromatic carbocycles. The number of hydrogen-bond acceptors (Lipinski definition) is 5. The van der Waals surface area contributed by atoms with Gasteiger partial charge >= 0.3 is 5.97 Å². The van der Waals surface area contributed by atoms with E-state index in [1.165, 1.54) is 11.3 Å². The number of nitrogens with one attached hydrogen (secondary N) is 1. The first-order valence-corrected chi connectivity index (χ1v) is 9.79. The minimum atomic E-state index is -0.768. The van der Waals surface area contributed by atoms with Crippen LogP contribution in [0.1, 0.15) is 19.8 Å². The molecule has 27 heavy (non-hydrogen) atoms. The molecule has 1 aromatic heterocycles. The molecule has 5 nitrogen and oxygen atoms in total. The number of thiazole rings is 1. The van der Waals surface area contributed by atoms with Gasteiger partial charge in [-0.25, -0.2) is 4.98 Å². The number of hydrogen-bond donors (Lipinski definition) is 2. The summed E-state index contributed by atoms with van der Waals surface area (Å²) in [6, 6.07) is 17.4. The third kappa shape index (κ3) is 5.31. The van der Waals surface area contributed by atoms with Gasteiger partial charge in [0.25, 0.3) is 0 Å². The van der Waals surface area contributed by atoms with Gasteiger partial charge in [0.2, 0.25) is 0 Å². The Balaban J connectivity index is 1.61. The maximum atomic E-state index is 11.2. The second kappa shape index (κ2) is 9.19. The lowest BCUT2D eigenvalue weighted by molar-refractivity contribution is -0.141. The molecule has 6 heteroatoms. The molecule has 0 aliphatic carbocycles. The predicted octanol–water partition coefficient (Wildman–Crippen LogP) is 5.52. The lowest BCUT2D eigenvalue weighted by atomic mass is 10.0. The lowest BCUT2D eigenvalue weighted by Gasteiger charge is -2.11. The molecule has 0 fully saturated rings. The van der Waals surface area contributed by atoms with E-state index in [1.54, 1.807) is 0 Å². The molecule has 3 rings (SSSR count). The fraction of sp³-hybridized carbons (Fsp3) is 0.238. The summed E-state index contributed by atoms with van der Waals surface area (Å²) in [5, 5.41) is 15.1. The molecular formula is C21H22N2O3S. The number of benzene rings is 2. The molecule has 3 aromatic rings. The van der Waals surface area contributed by atoms with Gasteiger partial charge in [0, 0.05) is 17.5 Å². The smallest absolute Gasteiger partial charge is 0.308 e. The van der Waals surface area contributed by atoms with Crippen molar-refractivity contribution in [3.05, 3.63) is 60.0 Å². The number of nitrogens with zero attached hydrogens (tertiary/aromatic N) is 1. The van der Waals surface area contributed by atoms with Gasteiger partial charge < -0.3 is 15.2 Å². The van der Waals surface area contributed by atoms with Gasteiger partial charge in [-0.15, -0.1) is 11.3 Å². The van der Waals surface area contributed by atoms with Crippen molar-refractivity contribution in [3.63, 3.8) is 0 Å². The van der Waals surface area contributed by atoms with E-state index in [0.717, 1.165) is 34.3 Å². The van der Waals surface area contributed by atoms with E-state index in [2.05, 4.69) is 10.3 Å². The van der Waals surface area contributed by atoms with Crippen molar-refractivity contribution in [2.45, 2.75) is 19.8 Å². The van der Waals surface area contributed by atoms with Crippen molar-refractivity contribution >= 4 is 22.4 Å². The minimum Gasteiger partial charge on any atom is -0.481 e. The fourth-order valence-corrected chi connectivity index (χ4v) is 3.41. The summed E-state index contributed by atoms with van der Waals surface area (Å²) >= 11 is 1.48. The Morgan fingerprint density at radius 3 is 2.52 bits per heavy atom. The van der Waals surface area contributed by atoms with Crippen molar-refractivity contribution < 1.29 is 14.6 Å². The van der Waals surface area contributed by atoms with Gasteiger partial charge in [0.05, 0.1) is 11.6 Å². The average molecular weight is 382 g/mol. The Kier molecular flexibility index (Phi) is 6.44. The third-order valence-electron chi connectivity index (χ3n) is 4.12. The summed E-state index contributed by atoms with van der Waals surface area (Å²) in [5.41, 5.74) is 1.85. The van der Waals surface area contributed by atoms with Crippen molar-refractivity contribution in [2.24, 2.45) is 5.92 Å². The largest absolute Gasteiger partial charge is 0.481 e. The molecule has 1 heterocycles. The molecule has 2 N–H and O–H groups in total. The second-order valence-corrected chi connectivity index (χ2v) is 7.04. The van der Waals surface area contributed by atoms with E-state index in [9.17, 15) is 9.90 Å². The van der Waals surface area contributed by atoms with Crippen molar-refractivity contribution in [1.29, 1.82) is 0 Å². The van der Waals surface area contributed by atoms with Gasteiger partial charge in [-0.1, -0.05) is 31.5 Å². The minimum absolute atomic E-state index is 0.389. The van der Waals surface area contributed by atoms with E-state index in [1.807, 2.05) is 66.9 Å². The third-order valence-corrected chi connectivity index (χ3v) is 4.92. The van der Waals surface area contributed by atoms with Crippen LogP contribution < -0.4 is 10.1 Å². The molecule has 1 atom stereocenters. The Morgan fingerprint density at radius 2 is 1.85 bits per heavy atom. The van der Waals surface area contributed by atoms with Gasteiger partial charge in [0.15, 0.2) is 5.13 Å². The number of carboxylic acids is 1. The SMILES string of the molecule is CCCC(CNc1nc(-c2ccc(Oc3ccccc3)cc2)cs1)C(=O)O. The highest BCUT2D eigenvalue weighted by atomic mass is 32.1. The molecule has 0 aliphatic rings. The summed E-state index contributed by atoms with van der Waals surface area (Å²) in [6.07, 6.45) is 1.50. The van der Waals surface area contributed by atoms with E-state index in [4.69, 9.17) is 4.74 Å². The monoisotopic (exact) mass is 382 g/mol. The highest BCUT2D eigenvalue weighted by molar-refractivity contribution is 7.14. The Morgan fingerprint density at radius 1 is 1.15 bits per heavy atom. The molecule has 0 spiro atoms. The highest BCUT2D eigenvalue weighted by Crippen LogP contribution is 2.28. The van der Waals surface area contributed by atoms with Crippen LogP contribution in [0.4, 0.5) is 5.13 Å². The number of para-hydroxylation sites is 1. The molecule has 0 saturated heterocycles. The summed E-state index contributed by atoms with van der Waals surface area (Å²) < 4.78 is 5.80. The fourth-order valence-electron chi connectivity index (χ4n) is 2.68. The van der Waals surface area contributed by atoms with Crippen LogP contribution in [0.25, 0.3) is 11.3 Å². The molecule has 0 amide bonds. The van der Waals surface area contributed by atoms with Crippen LogP contribution in [-0.4, -0.2) is 22.6 Å². The molecule has 1 unspecified atom stereocenters. The van der Waals surface area contributed by atoms with Crippen LogP contribution in [-0.2, 0) is 4.79 Å². The first-order valence-electron chi connectivity index (χ1n) is 8.91. The average Bonchev–Trinajstić information content (AvgIpc) is 3.15. The first kappa shape index (κ1) is 18.9. The normalized spacial score (nSPS) is 11.7. The van der Waals surface area contributed by atoms with E-state index < -0.39 is 11.9 Å². The first-order chi connectivity index (χ1) is 13.2. The molecule has 0 bridgehead atoms. The zero-order chi connectivity index (χ0) is 19.1. The summed E-state index contributed by atoms with van der Waals surface area (Å²) in [4.78, 5) is 15.8. The maximum absolute atomic E-state index is 11.2. The zero-order valence-corrected chi connectivity index (χ0v) is 15.9. The van der Waals surface area contributed by atoms with Crippen LogP contribution in [0.15, 0.2) is 60.0 Å². The summed E-state index contributed by atoms with van der Waals surface area (Å²) in [6.45, 7) is 2.38. The number of ether oxygens (including phenoxy) is 1. The van der Waals surface area contributed by atoms with E-state index in [-0.39, 0.29) is 0 Å². The van der Waals surface area contributed by atoms with Gasteiger partial charge in [0.1, 0.15) is 11.5 Å². The zero-order valence-electron chi connectivity index (χ0n) is 15.1. The molecular weight excluding hydrogens is 360 g/mol. The van der Waals surface area contributed by atoms with Crippen molar-refractivity contribution in [2.75, 3.05) is 11.9 Å². The number of aliphatic carboxylic acids is 1. The van der Waals surface area contributed by atoms with Gasteiger partial charge in [-0.05, 0) is 42.8 Å². The highest BCUT2D eigenvalue weighted by Gasteiger charge is 2.16. The number of carbonyl (C=O) groups is 1. The van der Waals surface area contributed by atoms with Crippen LogP contribution in [0.5, 0.6) is 11.5 Å². The van der Waals surface area contributed by atoms with Gasteiger partial charge in [-0.3, -0.25) is 4.79 Å². The second-order valence-electron chi connectivity index (χ2n) is 6.18. The van der Waals surface area contributed by atoms with Crippen LogP contribution >= 0.6 is 11.3 Å². The maximum Gasteiger partial charge on any atom is 0.308 e. The standard InChI is InChI=1S/C21H22N2O3S/c1-2-6-16(20(24)25)13-22-21-23-19(14-27-21)15-9-11-18(12-10-15)26-17-7-4-3-5-8-17/h3-5,7-12,14,16H,2,6,13H2,1H3,(H,22,23)(H,24,25). The molecule has 0 radical (unpaired) electrons. The van der Waals surface area contributed by atoms with Crippen LogP contribution in [0.2, 0.25) is 0 Å². The van der Waals surface area contributed by atoms with Crippen LogP contribution in [0.3, 0.4) is 0 Å².